The van der Waals surface area contributed by atoms with Gasteiger partial charge in [0.15, 0.2) is 0 Å². The molecule has 14 heavy (non-hydrogen) atoms. The molecule has 3 heteroatoms. The number of pyridine rings is 1. The van der Waals surface area contributed by atoms with Crippen molar-refractivity contribution in [1.29, 1.82) is 0 Å². The second-order valence-electron chi connectivity index (χ2n) is 3.23. The normalized spacial score (nSPS) is 12.7. The summed E-state index contributed by atoms with van der Waals surface area (Å²) in [5.74, 6) is 0.804. The molecule has 0 fully saturated rings. The lowest BCUT2D eigenvalue weighted by atomic mass is 10.1. The largest absolute Gasteiger partial charge is 0.467 e. The van der Waals surface area contributed by atoms with Crippen molar-refractivity contribution in [1.82, 2.24) is 4.98 Å². The molecule has 2 aromatic heterocycles. The minimum atomic E-state index is -0.223. The second kappa shape index (κ2) is 3.64. The maximum atomic E-state index is 6.03. The first kappa shape index (κ1) is 8.97. The van der Waals surface area contributed by atoms with E-state index in [1.165, 1.54) is 0 Å². The van der Waals surface area contributed by atoms with Crippen molar-refractivity contribution in [2.75, 3.05) is 0 Å². The molecule has 0 aromatic carbocycles. The van der Waals surface area contributed by atoms with Gasteiger partial charge in [0, 0.05) is 12.4 Å². The van der Waals surface area contributed by atoms with Crippen LogP contribution in [0.2, 0.25) is 0 Å². The van der Waals surface area contributed by atoms with Gasteiger partial charge in [-0.15, -0.1) is 0 Å². The third kappa shape index (κ3) is 1.54. The molecule has 72 valence electrons. The van der Waals surface area contributed by atoms with Crippen LogP contribution in [0.1, 0.15) is 22.9 Å². The highest BCUT2D eigenvalue weighted by Crippen LogP contribution is 2.22. The van der Waals surface area contributed by atoms with E-state index < -0.39 is 0 Å². The van der Waals surface area contributed by atoms with Gasteiger partial charge in [0.05, 0.1) is 12.3 Å². The maximum absolute atomic E-state index is 6.03. The van der Waals surface area contributed by atoms with Crippen molar-refractivity contribution in [3.05, 3.63) is 53.7 Å². The monoisotopic (exact) mass is 188 g/mol. The Labute approximate surface area is 82.6 Å². The van der Waals surface area contributed by atoms with Crippen LogP contribution in [0.3, 0.4) is 0 Å². The van der Waals surface area contributed by atoms with Crippen LogP contribution in [-0.4, -0.2) is 4.98 Å². The fourth-order valence-corrected chi connectivity index (χ4v) is 1.41. The quantitative estimate of drug-likeness (QED) is 0.784. The van der Waals surface area contributed by atoms with E-state index >= 15 is 0 Å². The van der Waals surface area contributed by atoms with Gasteiger partial charge in [-0.3, -0.25) is 4.98 Å². The van der Waals surface area contributed by atoms with Gasteiger partial charge in [-0.25, -0.2) is 0 Å². The lowest BCUT2D eigenvalue weighted by Gasteiger charge is -2.09. The van der Waals surface area contributed by atoms with Gasteiger partial charge in [-0.2, -0.15) is 0 Å². The molecule has 0 amide bonds. The number of aryl methyl sites for hydroxylation is 1. The molecule has 0 aliphatic carbocycles. The number of rotatable bonds is 2. The van der Waals surface area contributed by atoms with Gasteiger partial charge in [-0.1, -0.05) is 6.07 Å². The highest BCUT2D eigenvalue weighted by Gasteiger charge is 2.14. The predicted molar refractivity (Wildman–Crippen MR) is 53.7 cm³/mol. The zero-order valence-corrected chi connectivity index (χ0v) is 7.97. The Morgan fingerprint density at radius 3 is 2.86 bits per heavy atom. The molecule has 0 saturated heterocycles. The Morgan fingerprint density at radius 1 is 1.43 bits per heavy atom. The van der Waals surface area contributed by atoms with Crippen molar-refractivity contribution in [3.63, 3.8) is 0 Å². The summed E-state index contributed by atoms with van der Waals surface area (Å²) in [6.07, 6.45) is 5.14. The highest BCUT2D eigenvalue weighted by atomic mass is 16.3. The van der Waals surface area contributed by atoms with Crippen LogP contribution in [0.5, 0.6) is 0 Å². The molecule has 0 saturated carbocycles. The van der Waals surface area contributed by atoms with Crippen molar-refractivity contribution in [3.8, 4) is 0 Å². The molecule has 0 aliphatic heterocycles. The molecule has 0 aliphatic rings. The number of nitrogens with zero attached hydrogens (tertiary/aromatic N) is 1. The molecule has 2 N–H and O–H groups in total. The average Bonchev–Trinajstić information content (AvgIpc) is 2.65. The summed E-state index contributed by atoms with van der Waals surface area (Å²) in [7, 11) is 0. The first-order valence-electron chi connectivity index (χ1n) is 4.48. The molecule has 0 radical (unpaired) electrons. The number of hydrogen-bond donors (Lipinski definition) is 1. The molecule has 0 spiro atoms. The van der Waals surface area contributed by atoms with E-state index in [4.69, 9.17) is 10.2 Å². The van der Waals surface area contributed by atoms with E-state index in [0.29, 0.717) is 0 Å². The van der Waals surface area contributed by atoms with Crippen molar-refractivity contribution in [2.45, 2.75) is 13.0 Å². The van der Waals surface area contributed by atoms with E-state index in [0.717, 1.165) is 16.9 Å². The van der Waals surface area contributed by atoms with Crippen LogP contribution < -0.4 is 5.73 Å². The summed E-state index contributed by atoms with van der Waals surface area (Å²) >= 11 is 0. The molecule has 1 atom stereocenters. The van der Waals surface area contributed by atoms with Crippen molar-refractivity contribution in [2.24, 2.45) is 5.73 Å². The Morgan fingerprint density at radius 2 is 2.29 bits per heavy atom. The Bertz CT molecular complexity index is 408. The van der Waals surface area contributed by atoms with Crippen LogP contribution >= 0.6 is 0 Å². The van der Waals surface area contributed by atoms with Gasteiger partial charge in [0.1, 0.15) is 5.76 Å². The van der Waals surface area contributed by atoms with Crippen molar-refractivity contribution >= 4 is 0 Å². The first-order valence-corrected chi connectivity index (χ1v) is 4.48. The molecule has 1 unspecified atom stereocenters. The number of aromatic nitrogens is 1. The second-order valence-corrected chi connectivity index (χ2v) is 3.23. The number of furan rings is 1. The molecule has 2 rings (SSSR count). The molecule has 2 aromatic rings. The molecule has 3 nitrogen and oxygen atoms in total. The van der Waals surface area contributed by atoms with E-state index in [1.807, 2.05) is 25.1 Å². The highest BCUT2D eigenvalue weighted by molar-refractivity contribution is 5.28. The summed E-state index contributed by atoms with van der Waals surface area (Å²) in [4.78, 5) is 4.02. The Hall–Kier alpha value is -1.61. The zero-order valence-electron chi connectivity index (χ0n) is 7.97. The predicted octanol–water partition coefficient (Wildman–Crippen LogP) is 2.03. The van der Waals surface area contributed by atoms with Crippen LogP contribution in [0, 0.1) is 6.92 Å². The van der Waals surface area contributed by atoms with Gasteiger partial charge in [0.25, 0.3) is 0 Å². The summed E-state index contributed by atoms with van der Waals surface area (Å²) in [5, 5.41) is 0. The minimum absolute atomic E-state index is 0.223. The lowest BCUT2D eigenvalue weighted by molar-refractivity contribution is 0.486. The molecule has 0 bridgehead atoms. The van der Waals surface area contributed by atoms with Gasteiger partial charge in [-0.05, 0) is 30.2 Å². The van der Waals surface area contributed by atoms with Gasteiger partial charge in [0.2, 0.25) is 0 Å². The minimum Gasteiger partial charge on any atom is -0.467 e. The lowest BCUT2D eigenvalue weighted by Crippen LogP contribution is -2.12. The first-order chi connectivity index (χ1) is 6.79. The van der Waals surface area contributed by atoms with E-state index in [2.05, 4.69) is 4.98 Å². The SMILES string of the molecule is Cc1ccoc1C(N)c1cccnc1. The standard InChI is InChI=1S/C11H12N2O/c1-8-4-6-14-11(8)10(12)9-3-2-5-13-7-9/h2-7,10H,12H2,1H3. The summed E-state index contributed by atoms with van der Waals surface area (Å²) in [6, 6.07) is 5.50. The summed E-state index contributed by atoms with van der Waals surface area (Å²) in [5.41, 5.74) is 8.06. The fraction of sp³-hybridized carbons (Fsp3) is 0.182. The summed E-state index contributed by atoms with van der Waals surface area (Å²) < 4.78 is 5.33. The molecule has 2 heterocycles. The molecular weight excluding hydrogens is 176 g/mol. The average molecular weight is 188 g/mol. The summed E-state index contributed by atoms with van der Waals surface area (Å²) in [6.45, 7) is 1.98. The Kier molecular flexibility index (Phi) is 2.33. The van der Waals surface area contributed by atoms with E-state index in [-0.39, 0.29) is 6.04 Å². The van der Waals surface area contributed by atoms with Gasteiger partial charge < -0.3 is 10.2 Å². The third-order valence-electron chi connectivity index (χ3n) is 2.23. The van der Waals surface area contributed by atoms with Crippen LogP contribution in [0.15, 0.2) is 41.3 Å². The zero-order chi connectivity index (χ0) is 9.97. The fourth-order valence-electron chi connectivity index (χ4n) is 1.41. The number of hydrogen-bond acceptors (Lipinski definition) is 3. The van der Waals surface area contributed by atoms with E-state index in [9.17, 15) is 0 Å². The van der Waals surface area contributed by atoms with Crippen LogP contribution in [-0.2, 0) is 0 Å². The van der Waals surface area contributed by atoms with E-state index in [1.54, 1.807) is 18.7 Å². The maximum Gasteiger partial charge on any atom is 0.127 e. The third-order valence-corrected chi connectivity index (χ3v) is 2.23. The topological polar surface area (TPSA) is 52.0 Å². The van der Waals surface area contributed by atoms with Crippen LogP contribution in [0.25, 0.3) is 0 Å². The van der Waals surface area contributed by atoms with Gasteiger partial charge >= 0.3 is 0 Å². The van der Waals surface area contributed by atoms with Crippen LogP contribution in [0.4, 0.5) is 0 Å². The van der Waals surface area contributed by atoms with Crippen molar-refractivity contribution < 1.29 is 4.42 Å². The molecular formula is C11H12N2O. The smallest absolute Gasteiger partial charge is 0.127 e. The number of nitrogens with two attached hydrogens (primary N) is 1. The Balaban J connectivity index is 2.34.